The van der Waals surface area contributed by atoms with Crippen LogP contribution in [0.15, 0.2) is 0 Å². The molecule has 1 amide bonds. The van der Waals surface area contributed by atoms with E-state index in [1.165, 1.54) is 6.42 Å². The number of hydrogen-bond donors (Lipinski definition) is 1. The molecular weight excluding hydrogens is 204 g/mol. The Morgan fingerprint density at radius 3 is 2.81 bits per heavy atom. The number of hydrogen-bond acceptors (Lipinski definition) is 3. The largest absolute Gasteiger partial charge is 0.378 e. The predicted octanol–water partition coefficient (Wildman–Crippen LogP) is 0.895. The van der Waals surface area contributed by atoms with Gasteiger partial charge in [-0.3, -0.25) is 4.79 Å². The van der Waals surface area contributed by atoms with Gasteiger partial charge in [-0.1, -0.05) is 6.92 Å². The van der Waals surface area contributed by atoms with E-state index in [0.717, 1.165) is 39.0 Å². The molecule has 2 saturated heterocycles. The molecule has 0 spiro atoms. The number of likely N-dealkylation sites (tertiary alicyclic amines) is 1. The summed E-state index contributed by atoms with van der Waals surface area (Å²) < 4.78 is 5.57. The van der Waals surface area contributed by atoms with E-state index in [1.54, 1.807) is 0 Å². The summed E-state index contributed by atoms with van der Waals surface area (Å²) >= 11 is 0. The topological polar surface area (TPSA) is 55.6 Å². The first kappa shape index (κ1) is 11.9. The van der Waals surface area contributed by atoms with Crippen molar-refractivity contribution < 1.29 is 9.53 Å². The molecule has 1 atom stereocenters. The molecule has 0 bridgehead atoms. The van der Waals surface area contributed by atoms with Gasteiger partial charge in [0.05, 0.1) is 18.1 Å². The Morgan fingerprint density at radius 1 is 1.50 bits per heavy atom. The van der Waals surface area contributed by atoms with E-state index in [4.69, 9.17) is 10.5 Å². The van der Waals surface area contributed by atoms with E-state index in [-0.39, 0.29) is 17.6 Å². The average Bonchev–Trinajstić information content (AvgIpc) is 2.26. The summed E-state index contributed by atoms with van der Waals surface area (Å²) in [6.07, 6.45) is 4.98. The second kappa shape index (κ2) is 4.72. The molecule has 92 valence electrons. The van der Waals surface area contributed by atoms with E-state index in [2.05, 4.69) is 6.92 Å². The highest BCUT2D eigenvalue weighted by molar-refractivity contribution is 5.78. The smallest absolute Gasteiger partial charge is 0.225 e. The number of nitrogens with zero attached hydrogens (tertiary/aromatic N) is 1. The molecule has 0 aliphatic carbocycles. The minimum atomic E-state index is -0.122. The molecule has 2 heterocycles. The highest BCUT2D eigenvalue weighted by atomic mass is 16.5. The van der Waals surface area contributed by atoms with Crippen molar-refractivity contribution in [2.45, 2.75) is 50.7 Å². The lowest BCUT2D eigenvalue weighted by Gasteiger charge is -2.47. The molecule has 4 nitrogen and oxygen atoms in total. The monoisotopic (exact) mass is 226 g/mol. The van der Waals surface area contributed by atoms with Crippen molar-refractivity contribution in [1.82, 2.24) is 4.90 Å². The zero-order valence-electron chi connectivity index (χ0n) is 10.1. The lowest BCUT2D eigenvalue weighted by atomic mass is 9.88. The molecule has 0 saturated carbocycles. The quantitative estimate of drug-likeness (QED) is 0.777. The Morgan fingerprint density at radius 2 is 2.25 bits per heavy atom. The third kappa shape index (κ3) is 2.55. The first-order chi connectivity index (χ1) is 7.63. The second-order valence-corrected chi connectivity index (χ2v) is 5.16. The lowest BCUT2D eigenvalue weighted by Crippen LogP contribution is -2.68. The maximum absolute atomic E-state index is 11.9. The fourth-order valence-corrected chi connectivity index (χ4v) is 2.41. The van der Waals surface area contributed by atoms with Gasteiger partial charge in [-0.15, -0.1) is 0 Å². The molecule has 1 unspecified atom stereocenters. The van der Waals surface area contributed by atoms with Crippen LogP contribution in [0.4, 0.5) is 0 Å². The van der Waals surface area contributed by atoms with Gasteiger partial charge in [0, 0.05) is 19.7 Å². The molecule has 2 aliphatic heterocycles. The van der Waals surface area contributed by atoms with Gasteiger partial charge in [0.1, 0.15) is 0 Å². The van der Waals surface area contributed by atoms with Crippen LogP contribution in [0.1, 0.15) is 39.0 Å². The molecule has 16 heavy (non-hydrogen) atoms. The zero-order valence-corrected chi connectivity index (χ0v) is 10.1. The van der Waals surface area contributed by atoms with Crippen LogP contribution < -0.4 is 5.73 Å². The zero-order chi connectivity index (χ0) is 11.6. The molecule has 2 N–H and O–H groups in total. The maximum Gasteiger partial charge on any atom is 0.225 e. The fourth-order valence-electron chi connectivity index (χ4n) is 2.41. The molecular formula is C12H22N2O2. The van der Waals surface area contributed by atoms with Gasteiger partial charge in [-0.05, 0) is 25.7 Å². The van der Waals surface area contributed by atoms with Gasteiger partial charge in [0.25, 0.3) is 0 Å². The van der Waals surface area contributed by atoms with Crippen molar-refractivity contribution in [2.24, 2.45) is 5.73 Å². The summed E-state index contributed by atoms with van der Waals surface area (Å²) in [5, 5.41) is 0. The predicted molar refractivity (Wildman–Crippen MR) is 62.0 cm³/mol. The first-order valence-corrected chi connectivity index (χ1v) is 6.31. The summed E-state index contributed by atoms with van der Waals surface area (Å²) in [5.41, 5.74) is 5.92. The Hall–Kier alpha value is -0.610. The lowest BCUT2D eigenvalue weighted by molar-refractivity contribution is -0.142. The summed E-state index contributed by atoms with van der Waals surface area (Å²) in [6.45, 7) is 4.32. The molecule has 0 aromatic carbocycles. The maximum atomic E-state index is 11.9. The van der Waals surface area contributed by atoms with Crippen molar-refractivity contribution in [3.05, 3.63) is 0 Å². The van der Waals surface area contributed by atoms with Crippen molar-refractivity contribution in [3.63, 3.8) is 0 Å². The van der Waals surface area contributed by atoms with Crippen molar-refractivity contribution in [1.29, 1.82) is 0 Å². The van der Waals surface area contributed by atoms with Crippen LogP contribution in [0.25, 0.3) is 0 Å². The van der Waals surface area contributed by atoms with Crippen molar-refractivity contribution >= 4 is 5.91 Å². The van der Waals surface area contributed by atoms with Gasteiger partial charge in [-0.2, -0.15) is 0 Å². The number of carbonyl (C=O) groups excluding carboxylic acids is 1. The summed E-state index contributed by atoms with van der Waals surface area (Å²) in [7, 11) is 0. The Labute approximate surface area is 97.1 Å². The minimum Gasteiger partial charge on any atom is -0.378 e. The van der Waals surface area contributed by atoms with Crippen LogP contribution in [-0.2, 0) is 9.53 Å². The summed E-state index contributed by atoms with van der Waals surface area (Å²) in [4.78, 5) is 13.8. The van der Waals surface area contributed by atoms with Gasteiger partial charge in [-0.25, -0.2) is 0 Å². The van der Waals surface area contributed by atoms with E-state index >= 15 is 0 Å². The van der Waals surface area contributed by atoms with Gasteiger partial charge >= 0.3 is 0 Å². The Kier molecular flexibility index (Phi) is 3.50. The van der Waals surface area contributed by atoms with Crippen LogP contribution in [0, 0.1) is 0 Å². The van der Waals surface area contributed by atoms with Crippen LogP contribution >= 0.6 is 0 Å². The number of amides is 1. The molecule has 2 rings (SSSR count). The number of nitrogens with two attached hydrogens (primary N) is 1. The average molecular weight is 226 g/mol. The van der Waals surface area contributed by atoms with Crippen molar-refractivity contribution in [2.75, 3.05) is 19.7 Å². The fraction of sp³-hybridized carbons (Fsp3) is 0.917. The minimum absolute atomic E-state index is 0.122. The van der Waals surface area contributed by atoms with Gasteiger partial charge < -0.3 is 15.4 Å². The number of ether oxygens (including phenoxy) is 1. The number of rotatable bonds is 3. The molecule has 0 aromatic heterocycles. The highest BCUT2D eigenvalue weighted by Gasteiger charge is 2.40. The van der Waals surface area contributed by atoms with Crippen LogP contribution in [0.5, 0.6) is 0 Å². The molecule has 0 radical (unpaired) electrons. The molecule has 4 heteroatoms. The first-order valence-electron chi connectivity index (χ1n) is 6.31. The second-order valence-electron chi connectivity index (χ2n) is 5.16. The van der Waals surface area contributed by atoms with Crippen LogP contribution in [0.2, 0.25) is 0 Å². The van der Waals surface area contributed by atoms with Gasteiger partial charge in [0.15, 0.2) is 0 Å². The van der Waals surface area contributed by atoms with E-state index in [1.807, 2.05) is 4.90 Å². The molecule has 2 aliphatic rings. The Balaban J connectivity index is 1.73. The van der Waals surface area contributed by atoms with Crippen LogP contribution in [-0.4, -0.2) is 42.1 Å². The summed E-state index contributed by atoms with van der Waals surface area (Å²) in [5.74, 6) is 0.210. The van der Waals surface area contributed by atoms with Gasteiger partial charge in [0.2, 0.25) is 5.91 Å². The third-order valence-corrected chi connectivity index (χ3v) is 3.74. The van der Waals surface area contributed by atoms with Crippen molar-refractivity contribution in [3.8, 4) is 0 Å². The normalized spacial score (nSPS) is 28.6. The van der Waals surface area contributed by atoms with E-state index in [0.29, 0.717) is 6.42 Å². The summed E-state index contributed by atoms with van der Waals surface area (Å²) in [6, 6.07) is 0. The SMILES string of the molecule is CCC1(N)CN(C(=O)CC2CCCCO2)C1. The standard InChI is InChI=1S/C12H22N2O2/c1-2-12(13)8-14(9-12)11(15)7-10-5-3-4-6-16-10/h10H,2-9,13H2,1H3. The van der Waals surface area contributed by atoms with Crippen LogP contribution in [0.3, 0.4) is 0 Å². The highest BCUT2D eigenvalue weighted by Crippen LogP contribution is 2.24. The van der Waals surface area contributed by atoms with E-state index < -0.39 is 0 Å². The Bertz CT molecular complexity index is 256. The van der Waals surface area contributed by atoms with E-state index in [9.17, 15) is 4.79 Å². The molecule has 2 fully saturated rings. The number of carbonyl (C=O) groups is 1. The molecule has 0 aromatic rings. The third-order valence-electron chi connectivity index (χ3n) is 3.74.